The van der Waals surface area contributed by atoms with Gasteiger partial charge in [0.1, 0.15) is 11.0 Å². The Morgan fingerprint density at radius 1 is 1.16 bits per heavy atom. The molecular formula is C25H26N4O2S. The number of nitrogens with zero attached hydrogens (tertiary/aromatic N) is 2. The smallest absolute Gasteiger partial charge is 0.283 e. The zero-order chi connectivity index (χ0) is 22.5. The van der Waals surface area contributed by atoms with E-state index in [1.807, 2.05) is 67.7 Å². The molecule has 0 aliphatic rings. The number of aromatic amines is 1. The van der Waals surface area contributed by atoms with Crippen molar-refractivity contribution in [3.05, 3.63) is 76.7 Å². The molecule has 0 unspecified atom stereocenters. The van der Waals surface area contributed by atoms with Crippen molar-refractivity contribution in [2.24, 2.45) is 0 Å². The summed E-state index contributed by atoms with van der Waals surface area (Å²) < 4.78 is 1.59. The number of amides is 1. The van der Waals surface area contributed by atoms with Gasteiger partial charge in [-0.15, -0.1) is 0 Å². The summed E-state index contributed by atoms with van der Waals surface area (Å²) in [6, 6.07) is 17.6. The molecule has 0 spiro atoms. The highest BCUT2D eigenvalue weighted by Gasteiger charge is 2.18. The summed E-state index contributed by atoms with van der Waals surface area (Å²) in [4.78, 5) is 33.8. The fraction of sp³-hybridized carbons (Fsp3) is 0.240. The highest BCUT2D eigenvalue weighted by atomic mass is 32.2. The van der Waals surface area contributed by atoms with E-state index in [0.717, 1.165) is 35.2 Å². The number of rotatable bonds is 8. The van der Waals surface area contributed by atoms with Gasteiger partial charge in [0.2, 0.25) is 5.91 Å². The lowest BCUT2D eigenvalue weighted by molar-refractivity contribution is -0.118. The molecule has 0 fully saturated rings. The van der Waals surface area contributed by atoms with Gasteiger partial charge in [-0.25, -0.2) is 4.98 Å². The first kappa shape index (κ1) is 21.9. The van der Waals surface area contributed by atoms with Crippen molar-refractivity contribution in [1.82, 2.24) is 19.9 Å². The van der Waals surface area contributed by atoms with E-state index in [1.54, 1.807) is 4.57 Å². The third-order valence-electron chi connectivity index (χ3n) is 5.20. The molecule has 0 atom stereocenters. The predicted molar refractivity (Wildman–Crippen MR) is 131 cm³/mol. The number of fused-ring (bicyclic) bond motifs is 1. The second-order valence-corrected chi connectivity index (χ2v) is 8.60. The fourth-order valence-electron chi connectivity index (χ4n) is 3.55. The standard InChI is InChI=1S/C25H26N4O2S/c1-3-4-13-26-21(30)16-32-25-28-22-20(18-10-6-5-7-11-18)15-27-23(22)24(31)29(25)19-12-8-9-17(2)14-19/h5-12,14-15,27H,3-4,13,16H2,1-2H3,(H,26,30). The largest absolute Gasteiger partial charge is 0.355 e. The maximum Gasteiger partial charge on any atom is 0.283 e. The topological polar surface area (TPSA) is 79.8 Å². The zero-order valence-corrected chi connectivity index (χ0v) is 19.0. The van der Waals surface area contributed by atoms with Crippen LogP contribution < -0.4 is 10.9 Å². The van der Waals surface area contributed by atoms with Crippen LogP contribution in [0.5, 0.6) is 0 Å². The minimum atomic E-state index is -0.184. The predicted octanol–water partition coefficient (Wildman–Crippen LogP) is 4.70. The second-order valence-electron chi connectivity index (χ2n) is 7.66. The maximum atomic E-state index is 13.5. The maximum absolute atomic E-state index is 13.5. The summed E-state index contributed by atoms with van der Waals surface area (Å²) >= 11 is 1.28. The number of nitrogens with one attached hydrogen (secondary N) is 2. The normalized spacial score (nSPS) is 11.1. The van der Waals surface area contributed by atoms with Crippen LogP contribution in [0.4, 0.5) is 0 Å². The van der Waals surface area contributed by atoms with E-state index < -0.39 is 0 Å². The van der Waals surface area contributed by atoms with Gasteiger partial charge in [-0.05, 0) is 36.6 Å². The van der Waals surface area contributed by atoms with Gasteiger partial charge in [-0.1, -0.05) is 67.6 Å². The first-order valence-corrected chi connectivity index (χ1v) is 11.7. The Hall–Kier alpha value is -3.32. The molecule has 2 heterocycles. The summed E-state index contributed by atoms with van der Waals surface area (Å²) in [6.07, 6.45) is 3.79. The van der Waals surface area contributed by atoms with Crippen LogP contribution in [0.25, 0.3) is 27.8 Å². The zero-order valence-electron chi connectivity index (χ0n) is 18.2. The van der Waals surface area contributed by atoms with Gasteiger partial charge in [0.25, 0.3) is 5.56 Å². The first-order valence-electron chi connectivity index (χ1n) is 10.7. The van der Waals surface area contributed by atoms with Crippen LogP contribution in [0, 0.1) is 6.92 Å². The number of thioether (sulfide) groups is 1. The van der Waals surface area contributed by atoms with E-state index in [-0.39, 0.29) is 17.2 Å². The number of carbonyl (C=O) groups is 1. The third kappa shape index (κ3) is 4.62. The van der Waals surface area contributed by atoms with Gasteiger partial charge in [-0.3, -0.25) is 14.2 Å². The lowest BCUT2D eigenvalue weighted by Gasteiger charge is -2.13. The van der Waals surface area contributed by atoms with Crippen LogP contribution in [0.15, 0.2) is 70.7 Å². The summed E-state index contributed by atoms with van der Waals surface area (Å²) in [7, 11) is 0. The van der Waals surface area contributed by atoms with E-state index >= 15 is 0 Å². The SMILES string of the molecule is CCCCNC(=O)CSc1nc2c(-c3ccccc3)c[nH]c2c(=O)n1-c1cccc(C)c1. The van der Waals surface area contributed by atoms with Crippen LogP contribution in [0.1, 0.15) is 25.3 Å². The molecule has 4 aromatic rings. The van der Waals surface area contributed by atoms with Crippen molar-refractivity contribution in [2.45, 2.75) is 31.8 Å². The molecule has 2 aromatic carbocycles. The lowest BCUT2D eigenvalue weighted by Crippen LogP contribution is -2.27. The van der Waals surface area contributed by atoms with Crippen LogP contribution in [-0.2, 0) is 4.79 Å². The highest BCUT2D eigenvalue weighted by molar-refractivity contribution is 7.99. The van der Waals surface area contributed by atoms with Crippen molar-refractivity contribution in [3.63, 3.8) is 0 Å². The van der Waals surface area contributed by atoms with Crippen molar-refractivity contribution < 1.29 is 4.79 Å². The molecule has 0 saturated carbocycles. The van der Waals surface area contributed by atoms with Crippen molar-refractivity contribution in [1.29, 1.82) is 0 Å². The molecule has 0 bridgehead atoms. The summed E-state index contributed by atoms with van der Waals surface area (Å²) in [5, 5.41) is 3.42. The number of unbranched alkanes of at least 4 members (excludes halogenated alkanes) is 1. The molecule has 1 amide bonds. The number of aryl methyl sites for hydroxylation is 1. The molecule has 0 saturated heterocycles. The summed E-state index contributed by atoms with van der Waals surface area (Å²) in [5.74, 6) is 0.129. The Morgan fingerprint density at radius 3 is 2.72 bits per heavy atom. The Bertz CT molecular complexity index is 1290. The van der Waals surface area contributed by atoms with E-state index in [0.29, 0.717) is 22.7 Å². The minimum absolute atomic E-state index is 0.0639. The molecule has 2 aromatic heterocycles. The molecule has 6 nitrogen and oxygen atoms in total. The number of hydrogen-bond acceptors (Lipinski definition) is 4. The van der Waals surface area contributed by atoms with Crippen LogP contribution in [0.3, 0.4) is 0 Å². The quantitative estimate of drug-likeness (QED) is 0.234. The van der Waals surface area contributed by atoms with E-state index in [1.165, 1.54) is 11.8 Å². The van der Waals surface area contributed by atoms with Gasteiger partial charge in [0.05, 0.1) is 11.4 Å². The molecule has 0 aliphatic heterocycles. The van der Waals surface area contributed by atoms with E-state index in [4.69, 9.17) is 4.98 Å². The molecular weight excluding hydrogens is 420 g/mol. The monoisotopic (exact) mass is 446 g/mol. The Kier molecular flexibility index (Phi) is 6.75. The van der Waals surface area contributed by atoms with Gasteiger partial charge in [0, 0.05) is 18.3 Å². The molecule has 0 aliphatic carbocycles. The number of benzene rings is 2. The summed E-state index contributed by atoms with van der Waals surface area (Å²) in [6.45, 7) is 4.72. The number of hydrogen-bond donors (Lipinski definition) is 2. The number of H-pyrrole nitrogens is 1. The molecule has 164 valence electrons. The van der Waals surface area contributed by atoms with Crippen LogP contribution in [-0.4, -0.2) is 32.7 Å². The molecule has 32 heavy (non-hydrogen) atoms. The van der Waals surface area contributed by atoms with Crippen molar-refractivity contribution in [2.75, 3.05) is 12.3 Å². The van der Waals surface area contributed by atoms with Crippen LogP contribution >= 0.6 is 11.8 Å². The number of aromatic nitrogens is 3. The first-order chi connectivity index (χ1) is 15.6. The Labute approximate surface area is 191 Å². The van der Waals surface area contributed by atoms with Crippen molar-refractivity contribution in [3.8, 4) is 16.8 Å². The molecule has 0 radical (unpaired) electrons. The van der Waals surface area contributed by atoms with E-state index in [2.05, 4.69) is 17.2 Å². The van der Waals surface area contributed by atoms with Crippen LogP contribution in [0.2, 0.25) is 0 Å². The molecule has 7 heteroatoms. The molecule has 2 N–H and O–H groups in total. The summed E-state index contributed by atoms with van der Waals surface area (Å²) in [5.41, 5.74) is 4.49. The number of carbonyl (C=O) groups excluding carboxylic acids is 1. The van der Waals surface area contributed by atoms with Gasteiger partial charge in [0.15, 0.2) is 5.16 Å². The average Bonchev–Trinajstić information content (AvgIpc) is 3.23. The van der Waals surface area contributed by atoms with Gasteiger partial charge in [-0.2, -0.15) is 0 Å². The Morgan fingerprint density at radius 2 is 1.97 bits per heavy atom. The van der Waals surface area contributed by atoms with Gasteiger partial charge < -0.3 is 10.3 Å². The molecule has 4 rings (SSSR count). The highest BCUT2D eigenvalue weighted by Crippen LogP contribution is 2.28. The van der Waals surface area contributed by atoms with Gasteiger partial charge >= 0.3 is 0 Å². The van der Waals surface area contributed by atoms with E-state index in [9.17, 15) is 9.59 Å². The third-order valence-corrected chi connectivity index (χ3v) is 6.14. The fourth-order valence-corrected chi connectivity index (χ4v) is 4.39. The second kappa shape index (κ2) is 9.87. The minimum Gasteiger partial charge on any atom is -0.355 e. The average molecular weight is 447 g/mol. The van der Waals surface area contributed by atoms with Crippen molar-refractivity contribution >= 4 is 28.7 Å². The Balaban J connectivity index is 1.79. The lowest BCUT2D eigenvalue weighted by atomic mass is 10.1.